The molecule has 0 saturated carbocycles. The van der Waals surface area contributed by atoms with Crippen molar-refractivity contribution >= 4 is 5.91 Å². The fourth-order valence-electron chi connectivity index (χ4n) is 2.47. The van der Waals surface area contributed by atoms with Gasteiger partial charge in [0.2, 0.25) is 0 Å². The van der Waals surface area contributed by atoms with Crippen LogP contribution in [-0.4, -0.2) is 36.9 Å². The molecule has 112 valence electrons. The molecule has 0 bridgehead atoms. The van der Waals surface area contributed by atoms with Gasteiger partial charge in [-0.25, -0.2) is 0 Å². The van der Waals surface area contributed by atoms with Gasteiger partial charge in [-0.3, -0.25) is 4.79 Å². The van der Waals surface area contributed by atoms with Crippen LogP contribution in [0.3, 0.4) is 0 Å². The summed E-state index contributed by atoms with van der Waals surface area (Å²) in [5.41, 5.74) is 1.05. The predicted molar refractivity (Wildman–Crippen MR) is 77.7 cm³/mol. The molecule has 1 aliphatic heterocycles. The van der Waals surface area contributed by atoms with Crippen molar-refractivity contribution in [2.75, 3.05) is 19.8 Å². The average Bonchev–Trinajstić information content (AvgIpc) is 2.55. The van der Waals surface area contributed by atoms with Crippen LogP contribution in [0.25, 0.3) is 0 Å². The van der Waals surface area contributed by atoms with Crippen molar-refractivity contribution in [3.05, 3.63) is 35.4 Å². The average molecular weight is 288 g/mol. The SMILES string of the molecule is N#Cc1ccc(C(=O)NCC[C@H](O)C2CCOCC2)cc1. The van der Waals surface area contributed by atoms with Gasteiger partial charge in [-0.05, 0) is 49.4 Å². The smallest absolute Gasteiger partial charge is 0.251 e. The number of carbonyl (C=O) groups is 1. The second-order valence-electron chi connectivity index (χ2n) is 5.25. The van der Waals surface area contributed by atoms with E-state index in [0.29, 0.717) is 37.3 Å². The third-order valence-electron chi connectivity index (χ3n) is 3.81. The number of hydrogen-bond donors (Lipinski definition) is 2. The van der Waals surface area contributed by atoms with Crippen LogP contribution in [0.4, 0.5) is 0 Å². The van der Waals surface area contributed by atoms with Crippen molar-refractivity contribution in [3.63, 3.8) is 0 Å². The van der Waals surface area contributed by atoms with E-state index in [-0.39, 0.29) is 11.8 Å². The number of nitriles is 1. The number of carbonyl (C=O) groups excluding carboxylic acids is 1. The summed E-state index contributed by atoms with van der Waals surface area (Å²) in [6.45, 7) is 1.86. The molecule has 1 aromatic rings. The van der Waals surface area contributed by atoms with Crippen LogP contribution in [-0.2, 0) is 4.74 Å². The van der Waals surface area contributed by atoms with Gasteiger partial charge in [0.25, 0.3) is 5.91 Å². The molecule has 1 saturated heterocycles. The van der Waals surface area contributed by atoms with E-state index in [1.54, 1.807) is 24.3 Å². The van der Waals surface area contributed by atoms with Crippen molar-refractivity contribution in [3.8, 4) is 6.07 Å². The molecule has 2 N–H and O–H groups in total. The first-order chi connectivity index (χ1) is 10.2. The number of ether oxygens (including phenoxy) is 1. The van der Waals surface area contributed by atoms with Gasteiger partial charge in [-0.1, -0.05) is 0 Å². The maximum absolute atomic E-state index is 11.9. The Balaban J connectivity index is 1.74. The predicted octanol–water partition coefficient (Wildman–Crippen LogP) is 1.47. The number of aliphatic hydroxyl groups is 1. The molecule has 1 atom stereocenters. The highest BCUT2D eigenvalue weighted by Crippen LogP contribution is 2.20. The molecule has 1 fully saturated rings. The number of nitrogens with one attached hydrogen (secondary N) is 1. The number of aliphatic hydroxyl groups excluding tert-OH is 1. The van der Waals surface area contributed by atoms with Crippen molar-refractivity contribution < 1.29 is 14.6 Å². The zero-order chi connectivity index (χ0) is 15.1. The van der Waals surface area contributed by atoms with Gasteiger partial charge >= 0.3 is 0 Å². The van der Waals surface area contributed by atoms with Gasteiger partial charge < -0.3 is 15.2 Å². The van der Waals surface area contributed by atoms with Crippen LogP contribution in [0, 0.1) is 17.2 Å². The van der Waals surface area contributed by atoms with Gasteiger partial charge in [0.05, 0.1) is 17.7 Å². The number of hydrogen-bond acceptors (Lipinski definition) is 4. The highest BCUT2D eigenvalue weighted by Gasteiger charge is 2.21. The second-order valence-corrected chi connectivity index (χ2v) is 5.25. The molecule has 1 heterocycles. The Morgan fingerprint density at radius 1 is 1.38 bits per heavy atom. The molecule has 5 heteroatoms. The molecular weight excluding hydrogens is 268 g/mol. The molecular formula is C16H20N2O3. The Kier molecular flexibility index (Phi) is 5.73. The Labute approximate surface area is 124 Å². The molecule has 0 aromatic heterocycles. The zero-order valence-electron chi connectivity index (χ0n) is 11.9. The Morgan fingerprint density at radius 2 is 2.05 bits per heavy atom. The van der Waals surface area contributed by atoms with Gasteiger partial charge in [0.1, 0.15) is 0 Å². The Hall–Kier alpha value is -1.90. The lowest BCUT2D eigenvalue weighted by atomic mass is 9.92. The van der Waals surface area contributed by atoms with Gasteiger partial charge in [-0.2, -0.15) is 5.26 Å². The summed E-state index contributed by atoms with van der Waals surface area (Å²) in [5, 5.41) is 21.6. The lowest BCUT2D eigenvalue weighted by Crippen LogP contribution is -2.32. The van der Waals surface area contributed by atoms with Crippen LogP contribution < -0.4 is 5.32 Å². The summed E-state index contributed by atoms with van der Waals surface area (Å²) in [5.74, 6) is 0.0873. The van der Waals surface area contributed by atoms with E-state index in [1.807, 2.05) is 6.07 Å². The molecule has 2 rings (SSSR count). The number of amides is 1. The van der Waals surface area contributed by atoms with E-state index in [1.165, 1.54) is 0 Å². The molecule has 0 radical (unpaired) electrons. The summed E-state index contributed by atoms with van der Waals surface area (Å²) in [6, 6.07) is 8.50. The minimum absolute atomic E-state index is 0.182. The van der Waals surface area contributed by atoms with E-state index in [0.717, 1.165) is 12.8 Å². The summed E-state index contributed by atoms with van der Waals surface area (Å²) < 4.78 is 5.27. The monoisotopic (exact) mass is 288 g/mol. The van der Waals surface area contributed by atoms with Crippen LogP contribution in [0.1, 0.15) is 35.2 Å². The first kappa shape index (κ1) is 15.5. The van der Waals surface area contributed by atoms with Crippen LogP contribution in [0.15, 0.2) is 24.3 Å². The molecule has 0 spiro atoms. The first-order valence-corrected chi connectivity index (χ1v) is 7.25. The normalized spacial score (nSPS) is 17.0. The van der Waals surface area contributed by atoms with E-state index < -0.39 is 6.10 Å². The summed E-state index contributed by atoms with van der Waals surface area (Å²) in [6.07, 6.45) is 1.91. The Bertz CT molecular complexity index is 501. The zero-order valence-corrected chi connectivity index (χ0v) is 11.9. The van der Waals surface area contributed by atoms with Crippen molar-refractivity contribution in [1.29, 1.82) is 5.26 Å². The Morgan fingerprint density at radius 3 is 2.67 bits per heavy atom. The maximum Gasteiger partial charge on any atom is 0.251 e. The number of rotatable bonds is 5. The minimum Gasteiger partial charge on any atom is -0.393 e. The van der Waals surface area contributed by atoms with E-state index in [4.69, 9.17) is 10.00 Å². The highest BCUT2D eigenvalue weighted by atomic mass is 16.5. The van der Waals surface area contributed by atoms with Crippen molar-refractivity contribution in [2.45, 2.75) is 25.4 Å². The molecule has 5 nitrogen and oxygen atoms in total. The van der Waals surface area contributed by atoms with Crippen molar-refractivity contribution in [2.24, 2.45) is 5.92 Å². The van der Waals surface area contributed by atoms with E-state index in [9.17, 15) is 9.90 Å². The fourth-order valence-corrected chi connectivity index (χ4v) is 2.47. The minimum atomic E-state index is -0.393. The number of benzene rings is 1. The number of nitrogens with zero attached hydrogens (tertiary/aromatic N) is 1. The van der Waals surface area contributed by atoms with Crippen molar-refractivity contribution in [1.82, 2.24) is 5.32 Å². The molecule has 1 aliphatic rings. The molecule has 21 heavy (non-hydrogen) atoms. The fraction of sp³-hybridized carbons (Fsp3) is 0.500. The van der Waals surface area contributed by atoms with Crippen LogP contribution >= 0.6 is 0 Å². The third-order valence-corrected chi connectivity index (χ3v) is 3.81. The summed E-state index contributed by atoms with van der Waals surface area (Å²) >= 11 is 0. The summed E-state index contributed by atoms with van der Waals surface area (Å²) in [4.78, 5) is 11.9. The molecule has 0 unspecified atom stereocenters. The largest absolute Gasteiger partial charge is 0.393 e. The lowest BCUT2D eigenvalue weighted by molar-refractivity contribution is 0.00528. The van der Waals surface area contributed by atoms with Gasteiger partial charge in [-0.15, -0.1) is 0 Å². The first-order valence-electron chi connectivity index (χ1n) is 7.25. The second kappa shape index (κ2) is 7.77. The van der Waals surface area contributed by atoms with Gasteiger partial charge in [0, 0.05) is 25.3 Å². The summed E-state index contributed by atoms with van der Waals surface area (Å²) in [7, 11) is 0. The van der Waals surface area contributed by atoms with Crippen LogP contribution in [0.5, 0.6) is 0 Å². The van der Waals surface area contributed by atoms with Gasteiger partial charge in [0.15, 0.2) is 0 Å². The molecule has 0 aliphatic carbocycles. The standard InChI is InChI=1S/C16H20N2O3/c17-11-12-1-3-14(4-2-12)16(20)18-8-5-15(19)13-6-9-21-10-7-13/h1-4,13,15,19H,5-10H2,(H,18,20)/t15-/m0/s1. The van der Waals surface area contributed by atoms with E-state index >= 15 is 0 Å². The third kappa shape index (κ3) is 4.55. The molecule has 1 aromatic carbocycles. The topological polar surface area (TPSA) is 82.4 Å². The van der Waals surface area contributed by atoms with E-state index in [2.05, 4.69) is 5.32 Å². The lowest BCUT2D eigenvalue weighted by Gasteiger charge is -2.26. The van der Waals surface area contributed by atoms with Crippen LogP contribution in [0.2, 0.25) is 0 Å². The quantitative estimate of drug-likeness (QED) is 0.859. The highest BCUT2D eigenvalue weighted by molar-refractivity contribution is 5.94. The molecule has 1 amide bonds. The maximum atomic E-state index is 11.9.